The Morgan fingerprint density at radius 3 is 2.77 bits per heavy atom. The van der Waals surface area contributed by atoms with E-state index in [-0.39, 0.29) is 17.2 Å². The van der Waals surface area contributed by atoms with Crippen LogP contribution in [0.4, 0.5) is 0 Å². The van der Waals surface area contributed by atoms with E-state index < -0.39 is 0 Å². The number of hydrogen-bond acceptors (Lipinski definition) is 7. The van der Waals surface area contributed by atoms with Crippen LogP contribution in [0.3, 0.4) is 0 Å². The van der Waals surface area contributed by atoms with Gasteiger partial charge in [0.05, 0.1) is 13.2 Å². The van der Waals surface area contributed by atoms with Gasteiger partial charge in [0.1, 0.15) is 16.8 Å². The zero-order valence-electron chi connectivity index (χ0n) is 15.1. The fourth-order valence-electron chi connectivity index (χ4n) is 2.75. The summed E-state index contributed by atoms with van der Waals surface area (Å²) in [6.07, 6.45) is 0.773. The van der Waals surface area contributed by atoms with Crippen molar-refractivity contribution in [3.05, 3.63) is 35.7 Å². The minimum atomic E-state index is -0.359. The molecular formula is C17H23N5O3S. The molecule has 0 saturated carbocycles. The van der Waals surface area contributed by atoms with E-state index in [9.17, 15) is 4.79 Å². The number of aromatic nitrogens is 3. The number of amides is 1. The number of thioether (sulfide) groups is 1. The lowest BCUT2D eigenvalue weighted by atomic mass is 10.0. The Morgan fingerprint density at radius 2 is 2.08 bits per heavy atom. The largest absolute Gasteiger partial charge is 0.497 e. The first-order chi connectivity index (χ1) is 12.6. The van der Waals surface area contributed by atoms with Gasteiger partial charge in [-0.2, -0.15) is 0 Å². The number of nitrogens with zero attached hydrogens (tertiary/aromatic N) is 3. The fraction of sp³-hybridized carbons (Fsp3) is 0.471. The Kier molecular flexibility index (Phi) is 6.00. The third kappa shape index (κ3) is 3.94. The molecule has 2 heterocycles. The molecule has 3 rings (SSSR count). The van der Waals surface area contributed by atoms with Crippen LogP contribution in [-0.4, -0.2) is 53.4 Å². The summed E-state index contributed by atoms with van der Waals surface area (Å²) in [5, 5.41) is 11.6. The normalized spacial score (nSPS) is 18.7. The molecule has 26 heavy (non-hydrogen) atoms. The maximum absolute atomic E-state index is 12.8. The van der Waals surface area contributed by atoms with Gasteiger partial charge in [0.2, 0.25) is 11.1 Å². The second kappa shape index (κ2) is 8.41. The first-order valence-corrected chi connectivity index (χ1v) is 9.28. The summed E-state index contributed by atoms with van der Waals surface area (Å²) >= 11 is 1.41. The zero-order valence-corrected chi connectivity index (χ0v) is 15.9. The Balaban J connectivity index is 1.81. The Hall–Kier alpha value is -2.26. The molecule has 0 radical (unpaired) electrons. The number of carbonyl (C=O) groups is 1. The van der Waals surface area contributed by atoms with Gasteiger partial charge in [-0.1, -0.05) is 23.9 Å². The van der Waals surface area contributed by atoms with Gasteiger partial charge < -0.3 is 20.2 Å². The van der Waals surface area contributed by atoms with Gasteiger partial charge >= 0.3 is 0 Å². The third-order valence-corrected chi connectivity index (χ3v) is 5.37. The van der Waals surface area contributed by atoms with Crippen LogP contribution in [0.1, 0.15) is 23.9 Å². The van der Waals surface area contributed by atoms with Crippen LogP contribution in [0.5, 0.6) is 5.75 Å². The number of carbonyl (C=O) groups excluding carboxylic acids is 1. The Morgan fingerprint density at radius 1 is 1.31 bits per heavy atom. The SMILES string of the molecule is COCCCNC(=O)[C@H]1Sc2nnc(C)n2N[C@@H]1c1ccc(OC)cc1. The summed E-state index contributed by atoms with van der Waals surface area (Å²) in [5.41, 5.74) is 4.37. The number of aryl methyl sites for hydroxylation is 1. The summed E-state index contributed by atoms with van der Waals surface area (Å²) in [7, 11) is 3.28. The van der Waals surface area contributed by atoms with Gasteiger partial charge in [-0.05, 0) is 31.0 Å². The maximum atomic E-state index is 12.8. The van der Waals surface area contributed by atoms with Gasteiger partial charge in [0.15, 0.2) is 0 Å². The number of hydrogen-bond donors (Lipinski definition) is 2. The first kappa shape index (κ1) is 18.5. The average Bonchev–Trinajstić information content (AvgIpc) is 3.04. The zero-order chi connectivity index (χ0) is 18.5. The van der Waals surface area contributed by atoms with E-state index in [2.05, 4.69) is 20.9 Å². The minimum Gasteiger partial charge on any atom is -0.497 e. The Bertz CT molecular complexity index is 749. The van der Waals surface area contributed by atoms with Crippen LogP contribution in [0.2, 0.25) is 0 Å². The standard InChI is InChI=1S/C17H23N5O3S/c1-11-19-20-17-22(11)21-14(12-5-7-13(25-3)8-6-12)15(26-17)16(23)18-9-4-10-24-2/h5-8,14-15,21H,4,9-10H2,1-3H3,(H,18,23)/t14-,15+/m1/s1. The molecule has 1 aromatic heterocycles. The van der Waals surface area contributed by atoms with Gasteiger partial charge in [-0.3, -0.25) is 4.79 Å². The smallest absolute Gasteiger partial charge is 0.236 e. The number of ether oxygens (including phenoxy) is 2. The van der Waals surface area contributed by atoms with Crippen LogP contribution >= 0.6 is 11.8 Å². The molecule has 0 bridgehead atoms. The van der Waals surface area contributed by atoms with Crippen molar-refractivity contribution in [2.45, 2.75) is 29.8 Å². The van der Waals surface area contributed by atoms with Crippen molar-refractivity contribution in [1.29, 1.82) is 0 Å². The molecule has 2 N–H and O–H groups in total. The van der Waals surface area contributed by atoms with Crippen molar-refractivity contribution < 1.29 is 14.3 Å². The van der Waals surface area contributed by atoms with Gasteiger partial charge in [0.25, 0.3) is 0 Å². The molecule has 9 heteroatoms. The second-order valence-corrected chi connectivity index (χ2v) is 7.03. The van der Waals surface area contributed by atoms with Crippen molar-refractivity contribution in [1.82, 2.24) is 20.2 Å². The Labute approximate surface area is 156 Å². The van der Waals surface area contributed by atoms with Crippen LogP contribution in [-0.2, 0) is 9.53 Å². The molecular weight excluding hydrogens is 354 g/mol. The van der Waals surface area contributed by atoms with E-state index in [1.807, 2.05) is 35.9 Å². The molecule has 0 fully saturated rings. The van der Waals surface area contributed by atoms with Crippen LogP contribution < -0.4 is 15.5 Å². The quantitative estimate of drug-likeness (QED) is 0.707. The lowest BCUT2D eigenvalue weighted by Crippen LogP contribution is -2.44. The van der Waals surface area contributed by atoms with Crippen molar-refractivity contribution in [3.63, 3.8) is 0 Å². The molecule has 1 aromatic carbocycles. The predicted molar refractivity (Wildman–Crippen MR) is 99.0 cm³/mol. The molecule has 0 saturated heterocycles. The topological polar surface area (TPSA) is 90.3 Å². The maximum Gasteiger partial charge on any atom is 0.236 e. The highest BCUT2D eigenvalue weighted by Crippen LogP contribution is 2.37. The lowest BCUT2D eigenvalue weighted by molar-refractivity contribution is -0.121. The first-order valence-electron chi connectivity index (χ1n) is 8.40. The van der Waals surface area contributed by atoms with Gasteiger partial charge in [0, 0.05) is 20.3 Å². The van der Waals surface area contributed by atoms with E-state index in [1.54, 1.807) is 14.2 Å². The van der Waals surface area contributed by atoms with Gasteiger partial charge in [-0.15, -0.1) is 10.2 Å². The van der Waals surface area contributed by atoms with Crippen LogP contribution in [0.15, 0.2) is 29.4 Å². The van der Waals surface area contributed by atoms with E-state index in [1.165, 1.54) is 11.8 Å². The molecule has 2 atom stereocenters. The third-order valence-electron chi connectivity index (χ3n) is 4.16. The van der Waals surface area contributed by atoms with Crippen molar-refractivity contribution in [3.8, 4) is 5.75 Å². The number of rotatable bonds is 7. The summed E-state index contributed by atoms with van der Waals surface area (Å²) in [4.78, 5) is 12.8. The summed E-state index contributed by atoms with van der Waals surface area (Å²) in [6, 6.07) is 7.50. The molecule has 1 aliphatic heterocycles. The molecule has 2 aromatic rings. The fourth-order valence-corrected chi connectivity index (χ4v) is 3.90. The summed E-state index contributed by atoms with van der Waals surface area (Å²) in [6.45, 7) is 3.07. The summed E-state index contributed by atoms with van der Waals surface area (Å²) < 4.78 is 12.1. The summed E-state index contributed by atoms with van der Waals surface area (Å²) in [5.74, 6) is 1.50. The van der Waals surface area contributed by atoms with Crippen molar-refractivity contribution in [2.75, 3.05) is 32.8 Å². The van der Waals surface area contributed by atoms with E-state index in [0.717, 1.165) is 23.6 Å². The van der Waals surface area contributed by atoms with Crippen LogP contribution in [0, 0.1) is 6.92 Å². The number of fused-ring (bicyclic) bond motifs is 1. The number of nitrogens with one attached hydrogen (secondary N) is 2. The highest BCUT2D eigenvalue weighted by molar-refractivity contribution is 8.00. The molecule has 1 amide bonds. The predicted octanol–water partition coefficient (Wildman–Crippen LogP) is 1.51. The highest BCUT2D eigenvalue weighted by atomic mass is 32.2. The van der Waals surface area contributed by atoms with Crippen LogP contribution in [0.25, 0.3) is 0 Å². The monoisotopic (exact) mass is 377 g/mol. The second-order valence-electron chi connectivity index (χ2n) is 5.92. The van der Waals surface area contributed by atoms with Crippen molar-refractivity contribution in [2.24, 2.45) is 0 Å². The lowest BCUT2D eigenvalue weighted by Gasteiger charge is -2.32. The van der Waals surface area contributed by atoms with Crippen molar-refractivity contribution >= 4 is 17.7 Å². The molecule has 0 aliphatic carbocycles. The minimum absolute atomic E-state index is 0.0358. The van der Waals surface area contributed by atoms with Gasteiger partial charge in [-0.25, -0.2) is 4.68 Å². The average molecular weight is 377 g/mol. The highest BCUT2D eigenvalue weighted by Gasteiger charge is 2.37. The van der Waals surface area contributed by atoms with E-state index >= 15 is 0 Å². The molecule has 8 nitrogen and oxygen atoms in total. The van der Waals surface area contributed by atoms with E-state index in [4.69, 9.17) is 9.47 Å². The number of methoxy groups -OCH3 is 2. The number of benzene rings is 1. The molecule has 0 spiro atoms. The molecule has 140 valence electrons. The molecule has 1 aliphatic rings. The van der Waals surface area contributed by atoms with E-state index in [0.29, 0.717) is 18.3 Å². The molecule has 0 unspecified atom stereocenters.